The summed E-state index contributed by atoms with van der Waals surface area (Å²) in [6.45, 7) is 3.78. The van der Waals surface area contributed by atoms with Crippen LogP contribution in [0.15, 0.2) is 72.8 Å². The minimum absolute atomic E-state index is 0.00951. The number of nitrogens with zero attached hydrogens (tertiary/aromatic N) is 1. The van der Waals surface area contributed by atoms with Crippen molar-refractivity contribution in [3.8, 4) is 11.5 Å². The molecule has 2 aliphatic heterocycles. The number of ether oxygens (including phenoxy) is 2. The highest BCUT2D eigenvalue weighted by Crippen LogP contribution is 2.68. The molecule has 1 saturated heterocycles. The second kappa shape index (κ2) is 8.60. The Balaban J connectivity index is 1.42. The van der Waals surface area contributed by atoms with Gasteiger partial charge in [0.2, 0.25) is 0 Å². The molecule has 2 fully saturated rings. The van der Waals surface area contributed by atoms with Crippen molar-refractivity contribution in [2.75, 3.05) is 26.2 Å². The second-order valence-corrected chi connectivity index (χ2v) is 10.2. The van der Waals surface area contributed by atoms with Crippen LogP contribution in [0.3, 0.4) is 0 Å². The van der Waals surface area contributed by atoms with E-state index in [1.807, 2.05) is 48.5 Å². The Hall–Kier alpha value is -2.53. The lowest BCUT2D eigenvalue weighted by Crippen LogP contribution is -2.48. The van der Waals surface area contributed by atoms with Crippen molar-refractivity contribution in [2.24, 2.45) is 0 Å². The number of hydrogen-bond acceptors (Lipinski definition) is 4. The molecule has 0 bridgehead atoms. The molecule has 4 nitrogen and oxygen atoms in total. The Morgan fingerprint density at radius 1 is 0.971 bits per heavy atom. The molecule has 0 aromatic heterocycles. The molecule has 2 heterocycles. The van der Waals surface area contributed by atoms with E-state index in [0.717, 1.165) is 48.5 Å². The molecule has 6 rings (SSSR count). The number of fused-ring (bicyclic) bond motifs is 3. The highest BCUT2D eigenvalue weighted by Gasteiger charge is 2.69. The van der Waals surface area contributed by atoms with Gasteiger partial charge in [-0.25, -0.2) is 0 Å². The highest BCUT2D eigenvalue weighted by molar-refractivity contribution is 6.30. The van der Waals surface area contributed by atoms with Gasteiger partial charge < -0.3 is 14.6 Å². The van der Waals surface area contributed by atoms with Gasteiger partial charge in [0.25, 0.3) is 0 Å². The van der Waals surface area contributed by atoms with Crippen LogP contribution in [0, 0.1) is 0 Å². The van der Waals surface area contributed by atoms with Gasteiger partial charge in [0.1, 0.15) is 23.7 Å². The summed E-state index contributed by atoms with van der Waals surface area (Å²) in [7, 11) is 0. The third kappa shape index (κ3) is 3.35. The zero-order chi connectivity index (χ0) is 23.2. The zero-order valence-electron chi connectivity index (χ0n) is 19.3. The lowest BCUT2D eigenvalue weighted by molar-refractivity contribution is -0.106. The molecule has 0 radical (unpaired) electrons. The normalized spacial score (nSPS) is 27.9. The molecule has 3 aliphatic rings. The summed E-state index contributed by atoms with van der Waals surface area (Å²) in [4.78, 5) is 2.44. The van der Waals surface area contributed by atoms with Crippen LogP contribution in [0.1, 0.15) is 48.3 Å². The molecule has 1 aliphatic carbocycles. The predicted octanol–water partition coefficient (Wildman–Crippen LogP) is 5.87. The Kier molecular flexibility index (Phi) is 5.56. The van der Waals surface area contributed by atoms with E-state index in [1.54, 1.807) is 0 Å². The number of benzene rings is 3. The van der Waals surface area contributed by atoms with Gasteiger partial charge in [-0.05, 0) is 74.2 Å². The number of aliphatic hydroxyl groups is 1. The van der Waals surface area contributed by atoms with E-state index in [9.17, 15) is 5.11 Å². The average Bonchev–Trinajstić information content (AvgIpc) is 3.53. The fourth-order valence-electron chi connectivity index (χ4n) is 6.37. The van der Waals surface area contributed by atoms with Crippen LogP contribution in [0.25, 0.3) is 0 Å². The summed E-state index contributed by atoms with van der Waals surface area (Å²) in [5, 5.41) is 13.2. The van der Waals surface area contributed by atoms with Gasteiger partial charge in [-0.3, -0.25) is 4.90 Å². The maximum atomic E-state index is 12.5. The van der Waals surface area contributed by atoms with Crippen LogP contribution in [0.5, 0.6) is 11.5 Å². The minimum atomic E-state index is -1.21. The molecule has 0 amide bonds. The van der Waals surface area contributed by atoms with Crippen LogP contribution < -0.4 is 9.47 Å². The van der Waals surface area contributed by atoms with Crippen molar-refractivity contribution in [1.29, 1.82) is 0 Å². The average molecular weight is 476 g/mol. The van der Waals surface area contributed by atoms with Crippen LogP contribution in [0.4, 0.5) is 0 Å². The number of rotatable bonds is 6. The van der Waals surface area contributed by atoms with Gasteiger partial charge >= 0.3 is 0 Å². The van der Waals surface area contributed by atoms with Gasteiger partial charge in [0.05, 0.1) is 5.56 Å². The fraction of sp³-hybridized carbons (Fsp3) is 0.379. The molecule has 3 atom stereocenters. The maximum Gasteiger partial charge on any atom is 0.174 e. The van der Waals surface area contributed by atoms with Crippen molar-refractivity contribution in [1.82, 2.24) is 4.90 Å². The van der Waals surface area contributed by atoms with Crippen LogP contribution >= 0.6 is 11.6 Å². The van der Waals surface area contributed by atoms with Crippen LogP contribution in [-0.2, 0) is 11.2 Å². The molecular formula is C29H30ClNO3. The molecule has 34 heavy (non-hydrogen) atoms. The van der Waals surface area contributed by atoms with Crippen molar-refractivity contribution in [2.45, 2.75) is 42.8 Å². The van der Waals surface area contributed by atoms with E-state index < -0.39 is 11.2 Å². The van der Waals surface area contributed by atoms with Crippen molar-refractivity contribution in [3.63, 3.8) is 0 Å². The van der Waals surface area contributed by atoms with Crippen molar-refractivity contribution in [3.05, 3.63) is 94.5 Å². The summed E-state index contributed by atoms with van der Waals surface area (Å²) in [5.41, 5.74) is 0.726. The van der Waals surface area contributed by atoms with E-state index in [4.69, 9.17) is 21.1 Å². The Morgan fingerprint density at radius 2 is 1.74 bits per heavy atom. The summed E-state index contributed by atoms with van der Waals surface area (Å²) >= 11 is 6.25. The third-order valence-corrected chi connectivity index (χ3v) is 8.16. The standard InChI is InChI=1S/C29H30ClNO3/c30-23-13-11-22(12-14-23)29-24(21-7-2-1-3-8-21)15-16-28(29,32)27-25(9-6-10-26(27)34-29)33-20-19-31-17-4-5-18-31/h1-3,6-14,24,32H,4-5,15-20H2/t24-,28+,29-/m0/s1. The van der Waals surface area contributed by atoms with Crippen molar-refractivity contribution >= 4 is 11.6 Å². The lowest BCUT2D eigenvalue weighted by atomic mass is 9.71. The highest BCUT2D eigenvalue weighted by atomic mass is 35.5. The second-order valence-electron chi connectivity index (χ2n) is 9.73. The Bertz CT molecular complexity index is 1160. The van der Waals surface area contributed by atoms with Crippen LogP contribution in [0.2, 0.25) is 5.02 Å². The smallest absolute Gasteiger partial charge is 0.174 e. The summed E-state index contributed by atoms with van der Waals surface area (Å²) in [5.74, 6) is 1.42. The number of halogens is 1. The SMILES string of the molecule is O[C@@]12CC[C@@H](c3ccccc3)[C@]1(c1ccc(Cl)cc1)Oc1cccc(OCCN3CCCC3)c12. The van der Waals surface area contributed by atoms with E-state index in [1.165, 1.54) is 12.8 Å². The minimum Gasteiger partial charge on any atom is -0.492 e. The predicted molar refractivity (Wildman–Crippen MR) is 134 cm³/mol. The van der Waals surface area contributed by atoms with Gasteiger partial charge in [0.15, 0.2) is 5.60 Å². The topological polar surface area (TPSA) is 41.9 Å². The fourth-order valence-corrected chi connectivity index (χ4v) is 6.49. The molecule has 0 unspecified atom stereocenters. The molecular weight excluding hydrogens is 446 g/mol. The molecule has 1 N–H and O–H groups in total. The zero-order valence-corrected chi connectivity index (χ0v) is 20.0. The molecule has 1 saturated carbocycles. The largest absolute Gasteiger partial charge is 0.492 e. The van der Waals surface area contributed by atoms with E-state index in [0.29, 0.717) is 23.8 Å². The maximum absolute atomic E-state index is 12.5. The molecule has 3 aromatic carbocycles. The molecule has 5 heteroatoms. The first-order chi connectivity index (χ1) is 16.6. The third-order valence-electron chi connectivity index (χ3n) is 7.91. The van der Waals surface area contributed by atoms with Gasteiger partial charge in [0, 0.05) is 17.5 Å². The van der Waals surface area contributed by atoms with E-state index in [-0.39, 0.29) is 5.92 Å². The Morgan fingerprint density at radius 3 is 2.50 bits per heavy atom. The summed E-state index contributed by atoms with van der Waals surface area (Å²) < 4.78 is 13.2. The van der Waals surface area contributed by atoms with Gasteiger partial charge in [-0.1, -0.05) is 60.1 Å². The Labute approximate surface area is 206 Å². The molecule has 176 valence electrons. The first-order valence-electron chi connectivity index (χ1n) is 12.3. The van der Waals surface area contributed by atoms with Crippen molar-refractivity contribution < 1.29 is 14.6 Å². The first-order valence-corrected chi connectivity index (χ1v) is 12.7. The first kappa shape index (κ1) is 22.0. The lowest BCUT2D eigenvalue weighted by Gasteiger charge is -2.40. The summed E-state index contributed by atoms with van der Waals surface area (Å²) in [6.07, 6.45) is 3.93. The monoisotopic (exact) mass is 475 g/mol. The van der Waals surface area contributed by atoms with E-state index in [2.05, 4.69) is 29.2 Å². The number of hydrogen-bond donors (Lipinski definition) is 1. The van der Waals surface area contributed by atoms with Gasteiger partial charge in [-0.2, -0.15) is 0 Å². The van der Waals surface area contributed by atoms with E-state index >= 15 is 0 Å². The molecule has 3 aromatic rings. The molecule has 0 spiro atoms. The quantitative estimate of drug-likeness (QED) is 0.484. The van der Waals surface area contributed by atoms with Gasteiger partial charge in [-0.15, -0.1) is 0 Å². The summed E-state index contributed by atoms with van der Waals surface area (Å²) in [6, 6.07) is 24.0. The van der Waals surface area contributed by atoms with Crippen LogP contribution in [-0.4, -0.2) is 36.2 Å². The number of likely N-dealkylation sites (tertiary alicyclic amines) is 1.